The lowest BCUT2D eigenvalue weighted by molar-refractivity contribution is -0.172. The quantitative estimate of drug-likeness (QED) is 0.675. The number of carboxylic acids is 1. The van der Waals surface area contributed by atoms with E-state index < -0.39 is 35.3 Å². The van der Waals surface area contributed by atoms with Crippen LogP contribution < -0.4 is 0 Å². The van der Waals surface area contributed by atoms with E-state index in [0.717, 1.165) is 0 Å². The average molecular weight is 234 g/mol. The number of ether oxygens (including phenoxy) is 1. The van der Waals surface area contributed by atoms with E-state index in [1.54, 1.807) is 0 Å². The lowest BCUT2D eigenvalue weighted by Crippen LogP contribution is -2.20. The van der Waals surface area contributed by atoms with E-state index in [0.29, 0.717) is 0 Å². The molecule has 0 bridgehead atoms. The Morgan fingerprint density at radius 3 is 2.43 bits per heavy atom. The zero-order chi connectivity index (χ0) is 11.2. The topological polar surface area (TPSA) is 63.6 Å². The summed E-state index contributed by atoms with van der Waals surface area (Å²) in [5.41, 5.74) is 0. The Balaban J connectivity index is 3.46. The molecule has 0 aromatic heterocycles. The van der Waals surface area contributed by atoms with E-state index in [1.165, 1.54) is 0 Å². The van der Waals surface area contributed by atoms with Crippen LogP contribution in [-0.4, -0.2) is 46.2 Å². The van der Waals surface area contributed by atoms with Gasteiger partial charge < -0.3 is 9.84 Å². The molecule has 0 spiro atoms. The molecule has 0 aliphatic rings. The van der Waals surface area contributed by atoms with Crippen LogP contribution in [-0.2, 0) is 20.3 Å². The van der Waals surface area contributed by atoms with Crippen molar-refractivity contribution in [2.24, 2.45) is 0 Å². The molecule has 84 valence electrons. The van der Waals surface area contributed by atoms with Gasteiger partial charge >= 0.3 is 12.1 Å². The molecule has 0 fully saturated rings. The lowest BCUT2D eigenvalue weighted by atomic mass is 10.7. The van der Waals surface area contributed by atoms with Gasteiger partial charge in [0.05, 0.1) is 6.61 Å². The number of alkyl halides is 3. The van der Waals surface area contributed by atoms with Crippen LogP contribution in [0.5, 0.6) is 0 Å². The van der Waals surface area contributed by atoms with Crippen molar-refractivity contribution < 1.29 is 32.0 Å². The van der Waals surface area contributed by atoms with Gasteiger partial charge in [0.15, 0.2) is 0 Å². The predicted octanol–water partition coefficient (Wildman–Crippen LogP) is 0.399. The van der Waals surface area contributed by atoms with Crippen molar-refractivity contribution in [1.29, 1.82) is 0 Å². The zero-order valence-electron chi connectivity index (χ0n) is 7.04. The van der Waals surface area contributed by atoms with E-state index >= 15 is 0 Å². The van der Waals surface area contributed by atoms with Crippen LogP contribution in [0.25, 0.3) is 0 Å². The van der Waals surface area contributed by atoms with Crippen LogP contribution in [0.3, 0.4) is 0 Å². The molecule has 1 atom stereocenters. The van der Waals surface area contributed by atoms with E-state index in [1.807, 2.05) is 0 Å². The summed E-state index contributed by atoms with van der Waals surface area (Å²) in [5, 5.41) is 8.16. The fourth-order valence-electron chi connectivity index (χ4n) is 0.550. The first-order chi connectivity index (χ1) is 6.31. The molecule has 8 heteroatoms. The predicted molar refractivity (Wildman–Crippen MR) is 42.4 cm³/mol. The number of halogens is 3. The van der Waals surface area contributed by atoms with Gasteiger partial charge in [0.25, 0.3) is 0 Å². The van der Waals surface area contributed by atoms with E-state index in [4.69, 9.17) is 5.11 Å². The molecule has 0 rings (SSSR count). The number of carboxylic acid groups (broad SMARTS) is 1. The third kappa shape index (κ3) is 9.46. The summed E-state index contributed by atoms with van der Waals surface area (Å²) >= 11 is 0. The van der Waals surface area contributed by atoms with E-state index in [9.17, 15) is 22.2 Å². The third-order valence-corrected chi connectivity index (χ3v) is 2.20. The summed E-state index contributed by atoms with van der Waals surface area (Å²) < 4.78 is 49.4. The average Bonchev–Trinajstić information content (AvgIpc) is 1.95. The molecule has 0 saturated carbocycles. The molecule has 0 aliphatic carbocycles. The highest BCUT2D eigenvalue weighted by Crippen LogP contribution is 2.14. The van der Waals surface area contributed by atoms with Gasteiger partial charge in [0, 0.05) is 16.6 Å². The van der Waals surface area contributed by atoms with Gasteiger partial charge in [0.1, 0.15) is 12.4 Å². The number of hydrogen-bond acceptors (Lipinski definition) is 3. The number of rotatable bonds is 6. The van der Waals surface area contributed by atoms with E-state index in [-0.39, 0.29) is 12.4 Å². The fraction of sp³-hybridized carbons (Fsp3) is 0.833. The Morgan fingerprint density at radius 1 is 1.43 bits per heavy atom. The standard InChI is InChI=1S/C6H9F3O4S/c7-6(8,9)4-13-1-2-14(12)3-5(10)11/h1-4H2,(H,10,11). The molecule has 0 saturated heterocycles. The molecule has 0 amide bonds. The maximum atomic E-state index is 11.5. The van der Waals surface area contributed by atoms with Crippen LogP contribution in [0.15, 0.2) is 0 Å². The summed E-state index contributed by atoms with van der Waals surface area (Å²) in [6.07, 6.45) is -4.41. The van der Waals surface area contributed by atoms with Crippen LogP contribution in [0.1, 0.15) is 0 Å². The summed E-state index contributed by atoms with van der Waals surface area (Å²) in [6, 6.07) is 0. The van der Waals surface area contributed by atoms with Gasteiger partial charge in [-0.15, -0.1) is 0 Å². The molecule has 0 aliphatic heterocycles. The van der Waals surface area contributed by atoms with Gasteiger partial charge in [-0.1, -0.05) is 0 Å². The third-order valence-electron chi connectivity index (χ3n) is 1.01. The Bertz CT molecular complexity index is 216. The first-order valence-electron chi connectivity index (χ1n) is 3.52. The second-order valence-electron chi connectivity index (χ2n) is 2.35. The van der Waals surface area contributed by atoms with Gasteiger partial charge in [-0.05, 0) is 0 Å². The number of carbonyl (C=O) groups is 1. The number of aliphatic carboxylic acids is 1. The van der Waals surface area contributed by atoms with Crippen molar-refractivity contribution in [2.75, 3.05) is 24.7 Å². The fourth-order valence-corrected chi connectivity index (χ4v) is 1.27. The molecule has 0 aromatic carbocycles. The SMILES string of the molecule is O=C(O)CS(=O)CCOCC(F)(F)F. The van der Waals surface area contributed by atoms with E-state index in [2.05, 4.69) is 4.74 Å². The lowest BCUT2D eigenvalue weighted by Gasteiger charge is -2.06. The highest BCUT2D eigenvalue weighted by Gasteiger charge is 2.27. The van der Waals surface area contributed by atoms with Crippen molar-refractivity contribution in [3.8, 4) is 0 Å². The van der Waals surface area contributed by atoms with Crippen molar-refractivity contribution >= 4 is 16.8 Å². The Morgan fingerprint density at radius 2 is 2.00 bits per heavy atom. The molecular weight excluding hydrogens is 225 g/mol. The van der Waals surface area contributed by atoms with Crippen molar-refractivity contribution in [1.82, 2.24) is 0 Å². The first kappa shape index (κ1) is 13.4. The van der Waals surface area contributed by atoms with Crippen LogP contribution >= 0.6 is 0 Å². The smallest absolute Gasteiger partial charge is 0.411 e. The Kier molecular flexibility index (Phi) is 5.70. The minimum absolute atomic E-state index is 0.206. The number of hydrogen-bond donors (Lipinski definition) is 1. The molecule has 0 radical (unpaired) electrons. The summed E-state index contributed by atoms with van der Waals surface area (Å²) in [4.78, 5) is 9.99. The van der Waals surface area contributed by atoms with Crippen LogP contribution in [0.4, 0.5) is 13.2 Å². The van der Waals surface area contributed by atoms with Crippen LogP contribution in [0, 0.1) is 0 Å². The second kappa shape index (κ2) is 5.97. The van der Waals surface area contributed by atoms with Gasteiger partial charge in [0.2, 0.25) is 0 Å². The zero-order valence-corrected chi connectivity index (χ0v) is 7.86. The van der Waals surface area contributed by atoms with Crippen LogP contribution in [0.2, 0.25) is 0 Å². The molecular formula is C6H9F3O4S. The minimum Gasteiger partial charge on any atom is -0.481 e. The minimum atomic E-state index is -4.41. The molecule has 14 heavy (non-hydrogen) atoms. The molecule has 0 aromatic rings. The highest BCUT2D eigenvalue weighted by atomic mass is 32.2. The van der Waals surface area contributed by atoms with Crippen molar-refractivity contribution in [2.45, 2.75) is 6.18 Å². The second-order valence-corrected chi connectivity index (χ2v) is 3.93. The molecule has 0 heterocycles. The molecule has 4 nitrogen and oxygen atoms in total. The largest absolute Gasteiger partial charge is 0.481 e. The highest BCUT2D eigenvalue weighted by molar-refractivity contribution is 7.85. The van der Waals surface area contributed by atoms with Gasteiger partial charge in [-0.25, -0.2) is 0 Å². The Labute approximate surface area is 80.5 Å². The molecule has 1 unspecified atom stereocenters. The summed E-state index contributed by atoms with van der Waals surface area (Å²) in [7, 11) is -1.67. The van der Waals surface area contributed by atoms with Crippen molar-refractivity contribution in [3.05, 3.63) is 0 Å². The molecule has 1 N–H and O–H groups in total. The monoisotopic (exact) mass is 234 g/mol. The Hall–Kier alpha value is -0.630. The summed E-state index contributed by atoms with van der Waals surface area (Å²) in [5.74, 6) is -2.03. The normalized spacial score (nSPS) is 13.9. The van der Waals surface area contributed by atoms with Crippen molar-refractivity contribution in [3.63, 3.8) is 0 Å². The van der Waals surface area contributed by atoms with Gasteiger partial charge in [-0.3, -0.25) is 9.00 Å². The van der Waals surface area contributed by atoms with Gasteiger partial charge in [-0.2, -0.15) is 13.2 Å². The first-order valence-corrected chi connectivity index (χ1v) is 5.01. The maximum Gasteiger partial charge on any atom is 0.411 e. The summed E-state index contributed by atoms with van der Waals surface area (Å²) in [6.45, 7) is -1.77. The maximum absolute atomic E-state index is 11.5.